The highest BCUT2D eigenvalue weighted by molar-refractivity contribution is 6.32. The summed E-state index contributed by atoms with van der Waals surface area (Å²) in [4.78, 5) is 6.83. The van der Waals surface area contributed by atoms with Crippen LogP contribution >= 0.6 is 11.6 Å². The van der Waals surface area contributed by atoms with Crippen LogP contribution in [-0.2, 0) is 11.3 Å². The maximum absolute atomic E-state index is 13.9. The lowest BCUT2D eigenvalue weighted by molar-refractivity contribution is 0.122. The monoisotopic (exact) mass is 454 g/mol. The molecule has 5 nitrogen and oxygen atoms in total. The largest absolute Gasteiger partial charge is 0.493 e. The van der Waals surface area contributed by atoms with Crippen LogP contribution in [0.4, 0.5) is 15.8 Å². The van der Waals surface area contributed by atoms with Gasteiger partial charge in [-0.1, -0.05) is 29.8 Å². The first-order valence-electron chi connectivity index (χ1n) is 10.3. The van der Waals surface area contributed by atoms with Crippen molar-refractivity contribution in [3.05, 3.63) is 82.6 Å². The summed E-state index contributed by atoms with van der Waals surface area (Å²) in [6.07, 6.45) is 1.72. The van der Waals surface area contributed by atoms with Crippen LogP contribution in [0.3, 0.4) is 0 Å². The third-order valence-corrected chi connectivity index (χ3v) is 5.45. The molecule has 0 bridgehead atoms. The molecule has 1 fully saturated rings. The Kier molecular flexibility index (Phi) is 7.24. The predicted octanol–water partition coefficient (Wildman–Crippen LogP) is 5.65. The van der Waals surface area contributed by atoms with Crippen LogP contribution in [0.5, 0.6) is 11.5 Å². The van der Waals surface area contributed by atoms with Crippen LogP contribution in [0, 0.1) is 5.82 Å². The zero-order valence-electron chi connectivity index (χ0n) is 17.8. The Hall–Kier alpha value is -3.09. The van der Waals surface area contributed by atoms with Crippen LogP contribution in [-0.4, -0.2) is 39.6 Å². The van der Waals surface area contributed by atoms with Gasteiger partial charge in [-0.15, -0.1) is 0 Å². The lowest BCUT2D eigenvalue weighted by atomic mass is 10.2. The molecule has 32 heavy (non-hydrogen) atoms. The Morgan fingerprint density at radius 3 is 2.56 bits per heavy atom. The minimum Gasteiger partial charge on any atom is -0.493 e. The fraction of sp³-hybridized carbons (Fsp3) is 0.240. The molecule has 0 spiro atoms. The van der Waals surface area contributed by atoms with Crippen LogP contribution < -0.4 is 14.4 Å². The summed E-state index contributed by atoms with van der Waals surface area (Å²) in [6, 6.07) is 18.1. The zero-order valence-corrected chi connectivity index (χ0v) is 18.5. The predicted molar refractivity (Wildman–Crippen MR) is 125 cm³/mol. The number of halogens is 2. The smallest absolute Gasteiger partial charge is 0.180 e. The molecule has 4 rings (SSSR count). The normalized spacial score (nSPS) is 14.0. The number of anilines is 1. The van der Waals surface area contributed by atoms with Gasteiger partial charge < -0.3 is 19.1 Å². The molecule has 0 radical (unpaired) electrons. The van der Waals surface area contributed by atoms with Gasteiger partial charge in [-0.25, -0.2) is 4.39 Å². The number of morpholine rings is 1. The van der Waals surface area contributed by atoms with E-state index in [0.29, 0.717) is 22.1 Å². The fourth-order valence-corrected chi connectivity index (χ4v) is 3.71. The van der Waals surface area contributed by atoms with E-state index in [2.05, 4.69) is 22.0 Å². The quantitative estimate of drug-likeness (QED) is 0.432. The number of hydrogen-bond donors (Lipinski definition) is 0. The molecule has 0 saturated carbocycles. The first-order valence-corrected chi connectivity index (χ1v) is 10.7. The second kappa shape index (κ2) is 10.5. The van der Waals surface area contributed by atoms with Crippen LogP contribution in [0.15, 0.2) is 65.7 Å². The van der Waals surface area contributed by atoms with Gasteiger partial charge in [0.2, 0.25) is 0 Å². The van der Waals surface area contributed by atoms with Gasteiger partial charge in [-0.2, -0.15) is 0 Å². The van der Waals surface area contributed by atoms with Crippen LogP contribution in [0.25, 0.3) is 0 Å². The van der Waals surface area contributed by atoms with Crippen molar-refractivity contribution in [2.75, 3.05) is 38.3 Å². The van der Waals surface area contributed by atoms with Crippen molar-refractivity contribution in [3.8, 4) is 11.5 Å². The van der Waals surface area contributed by atoms with E-state index in [-0.39, 0.29) is 12.4 Å². The Bertz CT molecular complexity index is 1080. The van der Waals surface area contributed by atoms with E-state index in [9.17, 15) is 4.39 Å². The zero-order chi connectivity index (χ0) is 22.3. The Labute approximate surface area is 192 Å². The van der Waals surface area contributed by atoms with E-state index in [1.54, 1.807) is 36.5 Å². The van der Waals surface area contributed by atoms with E-state index >= 15 is 0 Å². The van der Waals surface area contributed by atoms with Crippen molar-refractivity contribution >= 4 is 29.2 Å². The fourth-order valence-electron chi connectivity index (χ4n) is 3.44. The third-order valence-electron chi connectivity index (χ3n) is 5.17. The summed E-state index contributed by atoms with van der Waals surface area (Å²) in [5, 5.41) is 0.366. The molecule has 1 saturated heterocycles. The maximum atomic E-state index is 13.9. The van der Waals surface area contributed by atoms with Gasteiger partial charge in [0.15, 0.2) is 11.5 Å². The molecular weight excluding hydrogens is 431 g/mol. The number of rotatable bonds is 7. The van der Waals surface area contributed by atoms with Gasteiger partial charge in [-0.05, 0) is 48.0 Å². The molecule has 1 aliphatic heterocycles. The lowest BCUT2D eigenvalue weighted by Crippen LogP contribution is -2.36. The van der Waals surface area contributed by atoms with E-state index in [0.717, 1.165) is 43.2 Å². The van der Waals surface area contributed by atoms with Gasteiger partial charge >= 0.3 is 0 Å². The topological polar surface area (TPSA) is 43.3 Å². The second-order valence-electron chi connectivity index (χ2n) is 7.29. The number of benzene rings is 3. The summed E-state index contributed by atoms with van der Waals surface area (Å²) in [7, 11) is 1.53. The lowest BCUT2D eigenvalue weighted by Gasteiger charge is -2.28. The minimum absolute atomic E-state index is 0.0473. The second-order valence-corrected chi connectivity index (χ2v) is 7.70. The molecule has 7 heteroatoms. The van der Waals surface area contributed by atoms with Crippen molar-refractivity contribution in [1.82, 2.24) is 0 Å². The van der Waals surface area contributed by atoms with Crippen molar-refractivity contribution in [1.29, 1.82) is 0 Å². The number of aliphatic imine (C=N–C) groups is 1. The number of ether oxygens (including phenoxy) is 3. The molecule has 0 aliphatic carbocycles. The summed E-state index contributed by atoms with van der Waals surface area (Å²) in [5.74, 6) is 0.494. The molecule has 0 aromatic heterocycles. The van der Waals surface area contributed by atoms with Crippen molar-refractivity contribution in [2.45, 2.75) is 6.61 Å². The molecule has 0 amide bonds. The molecular formula is C25H24ClFN2O3. The molecule has 3 aromatic carbocycles. The van der Waals surface area contributed by atoms with Crippen molar-refractivity contribution in [3.63, 3.8) is 0 Å². The number of nitrogens with zero attached hydrogens (tertiary/aromatic N) is 2. The van der Waals surface area contributed by atoms with Crippen molar-refractivity contribution < 1.29 is 18.6 Å². The first kappa shape index (κ1) is 22.1. The molecule has 1 heterocycles. The Morgan fingerprint density at radius 2 is 1.84 bits per heavy atom. The van der Waals surface area contributed by atoms with Crippen LogP contribution in [0.1, 0.15) is 11.1 Å². The van der Waals surface area contributed by atoms with E-state index in [4.69, 9.17) is 25.8 Å². The maximum Gasteiger partial charge on any atom is 0.180 e. The summed E-state index contributed by atoms with van der Waals surface area (Å²) < 4.78 is 30.5. The Balaban J connectivity index is 1.46. The van der Waals surface area contributed by atoms with Crippen molar-refractivity contribution in [2.24, 2.45) is 4.99 Å². The SMILES string of the molecule is COc1cc(C=Nc2ccc(N3CCOCC3)cc2)cc(Cl)c1OCc1ccccc1F. The molecule has 166 valence electrons. The standard InChI is InChI=1S/C25H24ClFN2O3/c1-30-24-15-18(14-22(26)25(24)32-17-19-4-2-3-5-23(19)27)16-28-20-6-8-21(9-7-20)29-10-12-31-13-11-29/h2-9,14-16H,10-13,17H2,1H3. The summed E-state index contributed by atoms with van der Waals surface area (Å²) in [6.45, 7) is 3.34. The minimum atomic E-state index is -0.328. The highest BCUT2D eigenvalue weighted by atomic mass is 35.5. The molecule has 1 aliphatic rings. The number of methoxy groups -OCH3 is 1. The van der Waals surface area contributed by atoms with E-state index < -0.39 is 0 Å². The molecule has 0 N–H and O–H groups in total. The molecule has 3 aromatic rings. The third kappa shape index (κ3) is 5.39. The molecule has 0 unspecified atom stereocenters. The average Bonchev–Trinajstić information content (AvgIpc) is 2.83. The van der Waals surface area contributed by atoms with Gasteiger partial charge in [0.1, 0.15) is 12.4 Å². The van der Waals surface area contributed by atoms with Gasteiger partial charge in [0.25, 0.3) is 0 Å². The van der Waals surface area contributed by atoms with Gasteiger partial charge in [0, 0.05) is 30.6 Å². The highest BCUT2D eigenvalue weighted by Crippen LogP contribution is 2.37. The summed E-state index contributed by atoms with van der Waals surface area (Å²) >= 11 is 6.43. The van der Waals surface area contributed by atoms with Gasteiger partial charge in [0.05, 0.1) is 31.0 Å². The average molecular weight is 455 g/mol. The first-order chi connectivity index (χ1) is 15.6. The summed E-state index contributed by atoms with van der Waals surface area (Å²) in [5.41, 5.74) is 3.20. The van der Waals surface area contributed by atoms with E-state index in [1.165, 1.54) is 13.2 Å². The van der Waals surface area contributed by atoms with Crippen LogP contribution in [0.2, 0.25) is 5.02 Å². The Morgan fingerprint density at radius 1 is 1.09 bits per heavy atom. The molecule has 0 atom stereocenters. The highest BCUT2D eigenvalue weighted by Gasteiger charge is 2.13. The van der Waals surface area contributed by atoms with Gasteiger partial charge in [-0.3, -0.25) is 4.99 Å². The van der Waals surface area contributed by atoms with E-state index in [1.807, 2.05) is 12.1 Å². The number of hydrogen-bond acceptors (Lipinski definition) is 5.